The summed E-state index contributed by atoms with van der Waals surface area (Å²) in [5.41, 5.74) is 1.00. The van der Waals surface area contributed by atoms with Gasteiger partial charge < -0.3 is 14.8 Å². The van der Waals surface area contributed by atoms with Gasteiger partial charge in [-0.2, -0.15) is 0 Å². The van der Waals surface area contributed by atoms with E-state index in [2.05, 4.69) is 10.3 Å². The maximum Gasteiger partial charge on any atom is 0.355 e. The van der Waals surface area contributed by atoms with Crippen molar-refractivity contribution < 1.29 is 19.1 Å². The van der Waals surface area contributed by atoms with Gasteiger partial charge in [-0.3, -0.25) is 4.79 Å². The summed E-state index contributed by atoms with van der Waals surface area (Å²) >= 11 is 1.27. The number of aromatic nitrogens is 1. The number of hydrogen-bond acceptors (Lipinski definition) is 5. The summed E-state index contributed by atoms with van der Waals surface area (Å²) in [5, 5.41) is 13.7. The highest BCUT2D eigenvalue weighted by atomic mass is 32.1. The number of carboxylic acid groups (broad SMARTS) is 1. The Morgan fingerprint density at radius 1 is 1.48 bits per heavy atom. The molecule has 7 heteroatoms. The third-order valence-electron chi connectivity index (χ3n) is 2.96. The maximum absolute atomic E-state index is 11.9. The number of aryl methyl sites for hydroxylation is 2. The number of hydrogen-bond donors (Lipinski definition) is 2. The molecule has 112 valence electrons. The summed E-state index contributed by atoms with van der Waals surface area (Å²) in [6.07, 6.45) is 1.24. The van der Waals surface area contributed by atoms with Crippen LogP contribution in [0.25, 0.3) is 0 Å². The van der Waals surface area contributed by atoms with Crippen LogP contribution in [0.1, 0.15) is 44.3 Å². The van der Waals surface area contributed by atoms with E-state index in [-0.39, 0.29) is 11.6 Å². The Morgan fingerprint density at radius 2 is 2.24 bits per heavy atom. The minimum absolute atomic E-state index is 0.0376. The van der Waals surface area contributed by atoms with E-state index in [0.717, 1.165) is 17.7 Å². The first-order valence-electron chi connectivity index (χ1n) is 6.56. The van der Waals surface area contributed by atoms with Crippen LogP contribution in [0.3, 0.4) is 0 Å². The zero-order valence-electron chi connectivity index (χ0n) is 11.8. The van der Waals surface area contributed by atoms with Crippen LogP contribution in [0, 0.1) is 6.92 Å². The van der Waals surface area contributed by atoms with Gasteiger partial charge in [-0.15, -0.1) is 11.3 Å². The molecule has 0 aliphatic rings. The minimum atomic E-state index is -1.04. The highest BCUT2D eigenvalue weighted by Gasteiger charge is 2.14. The van der Waals surface area contributed by atoms with E-state index in [0.29, 0.717) is 23.7 Å². The highest BCUT2D eigenvalue weighted by Crippen LogP contribution is 2.15. The molecule has 0 radical (unpaired) electrons. The lowest BCUT2D eigenvalue weighted by Gasteiger charge is -2.01. The first-order chi connectivity index (χ1) is 10.0. The molecular formula is C14H16N2O4S. The molecule has 0 atom stereocenters. The maximum atomic E-state index is 11.9. The van der Waals surface area contributed by atoms with E-state index in [1.165, 1.54) is 16.7 Å². The Morgan fingerprint density at radius 3 is 2.81 bits per heavy atom. The fraction of sp³-hybridized carbons (Fsp3) is 0.357. The summed E-state index contributed by atoms with van der Waals surface area (Å²) in [6.45, 7) is 4.25. The molecule has 0 saturated heterocycles. The molecule has 2 N–H and O–H groups in total. The topological polar surface area (TPSA) is 92.4 Å². The average Bonchev–Trinajstić information content (AvgIpc) is 3.05. The van der Waals surface area contributed by atoms with Gasteiger partial charge >= 0.3 is 5.97 Å². The van der Waals surface area contributed by atoms with Crippen molar-refractivity contribution in [2.24, 2.45) is 0 Å². The van der Waals surface area contributed by atoms with E-state index in [9.17, 15) is 9.59 Å². The molecule has 0 spiro atoms. The van der Waals surface area contributed by atoms with Crippen molar-refractivity contribution >= 4 is 23.2 Å². The first kappa shape index (κ1) is 15.2. The number of thiazole rings is 1. The third kappa shape index (κ3) is 3.69. The Kier molecular flexibility index (Phi) is 4.74. The zero-order chi connectivity index (χ0) is 15.4. The van der Waals surface area contributed by atoms with E-state index >= 15 is 0 Å². The van der Waals surface area contributed by atoms with Gasteiger partial charge in [-0.05, 0) is 18.6 Å². The van der Waals surface area contributed by atoms with Gasteiger partial charge in [0.15, 0.2) is 11.5 Å². The Bertz CT molecular complexity index is 660. The second kappa shape index (κ2) is 6.53. The number of rotatable bonds is 6. The molecule has 1 amide bonds. The van der Waals surface area contributed by atoms with Crippen LogP contribution < -0.4 is 5.32 Å². The van der Waals surface area contributed by atoms with Gasteiger partial charge in [0.1, 0.15) is 5.76 Å². The van der Waals surface area contributed by atoms with Gasteiger partial charge in [0.05, 0.1) is 5.01 Å². The molecule has 0 aliphatic carbocycles. The summed E-state index contributed by atoms with van der Waals surface area (Å²) in [5.74, 6) is -0.201. The monoisotopic (exact) mass is 308 g/mol. The number of carbonyl (C=O) groups is 2. The lowest BCUT2D eigenvalue weighted by molar-refractivity contribution is 0.0690. The van der Waals surface area contributed by atoms with Gasteiger partial charge in [-0.1, -0.05) is 6.92 Å². The smallest absolute Gasteiger partial charge is 0.355 e. The Labute approximate surface area is 125 Å². The van der Waals surface area contributed by atoms with Gasteiger partial charge in [0.25, 0.3) is 5.91 Å². The highest BCUT2D eigenvalue weighted by molar-refractivity contribution is 7.09. The van der Waals surface area contributed by atoms with Crippen LogP contribution in [-0.4, -0.2) is 28.5 Å². The van der Waals surface area contributed by atoms with Crippen LogP contribution in [0.5, 0.6) is 0 Å². The summed E-state index contributed by atoms with van der Waals surface area (Å²) in [7, 11) is 0. The predicted octanol–water partition coefficient (Wildman–Crippen LogP) is 2.28. The molecule has 2 heterocycles. The molecule has 2 aromatic heterocycles. The standard InChI is InChI=1S/C14H16N2O4S/c1-3-10-8(2)6-11(20-10)13(17)15-5-4-12-16-9(7-21-12)14(18)19/h6-7H,3-5H2,1-2H3,(H,15,17)(H,18,19). The fourth-order valence-electron chi connectivity index (χ4n) is 1.88. The van der Waals surface area contributed by atoms with E-state index in [4.69, 9.17) is 9.52 Å². The second-order valence-electron chi connectivity index (χ2n) is 4.51. The molecule has 2 rings (SSSR count). The Balaban J connectivity index is 1.87. The van der Waals surface area contributed by atoms with Crippen LogP contribution in [-0.2, 0) is 12.8 Å². The SMILES string of the molecule is CCc1oc(C(=O)NCCc2nc(C(=O)O)cs2)cc1C. The zero-order valence-corrected chi connectivity index (χ0v) is 12.6. The summed E-state index contributed by atoms with van der Waals surface area (Å²) in [6, 6.07) is 1.72. The van der Waals surface area contributed by atoms with Gasteiger partial charge in [0.2, 0.25) is 0 Å². The third-order valence-corrected chi connectivity index (χ3v) is 3.87. The Hall–Kier alpha value is -2.15. The van der Waals surface area contributed by atoms with Crippen LogP contribution in [0.15, 0.2) is 15.9 Å². The molecule has 0 aliphatic heterocycles. The number of aromatic carboxylic acids is 1. The van der Waals surface area contributed by atoms with Crippen molar-refractivity contribution in [2.75, 3.05) is 6.54 Å². The fourth-order valence-corrected chi connectivity index (χ4v) is 2.65. The normalized spacial score (nSPS) is 10.6. The molecule has 6 nitrogen and oxygen atoms in total. The number of furan rings is 1. The van der Waals surface area contributed by atoms with E-state index in [1.807, 2.05) is 13.8 Å². The lowest BCUT2D eigenvalue weighted by Crippen LogP contribution is -2.25. The summed E-state index contributed by atoms with van der Waals surface area (Å²) in [4.78, 5) is 26.6. The van der Waals surface area contributed by atoms with Crippen LogP contribution >= 0.6 is 11.3 Å². The average molecular weight is 308 g/mol. The molecule has 0 saturated carbocycles. The van der Waals surface area contributed by atoms with E-state index < -0.39 is 5.97 Å². The number of carboxylic acids is 1. The predicted molar refractivity (Wildman–Crippen MR) is 77.9 cm³/mol. The number of amides is 1. The van der Waals surface area contributed by atoms with Crippen molar-refractivity contribution in [3.8, 4) is 0 Å². The lowest BCUT2D eigenvalue weighted by atomic mass is 10.2. The number of carbonyl (C=O) groups excluding carboxylic acids is 1. The molecule has 0 fully saturated rings. The van der Waals surface area contributed by atoms with Crippen molar-refractivity contribution in [1.82, 2.24) is 10.3 Å². The molecule has 21 heavy (non-hydrogen) atoms. The molecule has 0 aromatic carbocycles. The molecule has 0 bridgehead atoms. The number of nitrogens with one attached hydrogen (secondary N) is 1. The van der Waals surface area contributed by atoms with Crippen LogP contribution in [0.2, 0.25) is 0 Å². The quantitative estimate of drug-likeness (QED) is 0.854. The van der Waals surface area contributed by atoms with E-state index in [1.54, 1.807) is 6.07 Å². The van der Waals surface area contributed by atoms with Crippen LogP contribution in [0.4, 0.5) is 0 Å². The van der Waals surface area contributed by atoms with Gasteiger partial charge in [0, 0.05) is 24.8 Å². The number of nitrogens with zero attached hydrogens (tertiary/aromatic N) is 1. The molecule has 2 aromatic rings. The van der Waals surface area contributed by atoms with Crippen molar-refractivity contribution in [3.05, 3.63) is 39.2 Å². The molecular weight excluding hydrogens is 292 g/mol. The van der Waals surface area contributed by atoms with Crippen molar-refractivity contribution in [3.63, 3.8) is 0 Å². The van der Waals surface area contributed by atoms with Gasteiger partial charge in [-0.25, -0.2) is 9.78 Å². The summed E-state index contributed by atoms with van der Waals surface area (Å²) < 4.78 is 5.46. The minimum Gasteiger partial charge on any atom is -0.476 e. The van der Waals surface area contributed by atoms with Crippen molar-refractivity contribution in [1.29, 1.82) is 0 Å². The largest absolute Gasteiger partial charge is 0.476 e. The van der Waals surface area contributed by atoms with Crippen molar-refractivity contribution in [2.45, 2.75) is 26.7 Å². The second-order valence-corrected chi connectivity index (χ2v) is 5.45. The first-order valence-corrected chi connectivity index (χ1v) is 7.44. The molecule has 0 unspecified atom stereocenters.